The van der Waals surface area contributed by atoms with Gasteiger partial charge in [0.15, 0.2) is 6.79 Å². The molecular formula is CH4O4S. The van der Waals surface area contributed by atoms with E-state index in [0.717, 1.165) is 0 Å². The van der Waals surface area contributed by atoms with Crippen molar-refractivity contribution in [3.63, 3.8) is 0 Å². The van der Waals surface area contributed by atoms with Gasteiger partial charge in [0.1, 0.15) is 0 Å². The lowest BCUT2D eigenvalue weighted by molar-refractivity contribution is -0.476. The van der Waals surface area contributed by atoms with Crippen molar-refractivity contribution < 1.29 is 19.4 Å². The lowest BCUT2D eigenvalue weighted by Crippen LogP contribution is -1.89. The second-order valence-electron chi connectivity index (χ2n) is 0.390. The van der Waals surface area contributed by atoms with Crippen molar-refractivity contribution in [1.82, 2.24) is 0 Å². The largest absolute Gasteiger partial charge is 0.368 e. The molecule has 6 heavy (non-hydrogen) atoms. The van der Waals surface area contributed by atoms with E-state index in [1.807, 2.05) is 0 Å². The zero-order valence-corrected chi connectivity index (χ0v) is 3.72. The first kappa shape index (κ1) is 6.19. The molecule has 0 saturated carbocycles. The van der Waals surface area contributed by atoms with Crippen molar-refractivity contribution in [1.29, 1.82) is 0 Å². The van der Waals surface area contributed by atoms with Crippen LogP contribution >= 0.6 is 12.9 Å². The Morgan fingerprint density at radius 2 is 2.33 bits per heavy atom. The number of rotatable bonds is 3. The molecule has 0 heterocycles. The van der Waals surface area contributed by atoms with Gasteiger partial charge in [-0.1, -0.05) is 5.04 Å². The molecule has 1 N–H and O–H groups in total. The Bertz CT molecular complexity index is 19.5. The van der Waals surface area contributed by atoms with Gasteiger partial charge >= 0.3 is 0 Å². The highest BCUT2D eigenvalue weighted by Gasteiger charge is 1.74. The van der Waals surface area contributed by atoms with Crippen LogP contribution in [-0.2, 0) is 14.3 Å². The lowest BCUT2D eigenvalue weighted by Gasteiger charge is -1.88. The third kappa shape index (κ3) is 4.19. The summed E-state index contributed by atoms with van der Waals surface area (Å²) in [6.07, 6.45) is 0. The van der Waals surface area contributed by atoms with Crippen LogP contribution < -0.4 is 0 Å². The molecule has 0 rings (SSSR count). The lowest BCUT2D eigenvalue weighted by atomic mass is 11.5. The molecule has 5 heteroatoms. The second-order valence-corrected chi connectivity index (χ2v) is 0.539. The molecule has 0 fully saturated rings. The van der Waals surface area contributed by atoms with E-state index in [-0.39, 0.29) is 0 Å². The third-order valence-corrected chi connectivity index (χ3v) is 0.192. The first-order chi connectivity index (χ1) is 2.91. The molecule has 0 radical (unpaired) electrons. The van der Waals surface area contributed by atoms with Gasteiger partial charge < -0.3 is 5.11 Å². The van der Waals surface area contributed by atoms with Crippen LogP contribution in [0, 0.1) is 0 Å². The summed E-state index contributed by atoms with van der Waals surface area (Å²) in [6, 6.07) is 0. The maximum absolute atomic E-state index is 7.74. The molecule has 0 atom stereocenters. The minimum atomic E-state index is -0.541. The molecule has 0 aromatic heterocycles. The molecule has 0 aliphatic rings. The molecule has 0 amide bonds. The van der Waals surface area contributed by atoms with Crippen LogP contribution in [-0.4, -0.2) is 11.9 Å². The van der Waals surface area contributed by atoms with E-state index >= 15 is 0 Å². The monoisotopic (exact) mass is 112 g/mol. The normalized spacial score (nSPS) is 9.00. The minimum Gasteiger partial charge on any atom is -0.368 e. The molecule has 0 aliphatic carbocycles. The molecule has 0 aliphatic heterocycles. The summed E-state index contributed by atoms with van der Waals surface area (Å²) >= 11 is 3.10. The van der Waals surface area contributed by atoms with Crippen LogP contribution in [0.3, 0.4) is 0 Å². The Morgan fingerprint density at radius 1 is 1.67 bits per heavy atom. The van der Waals surface area contributed by atoms with Crippen molar-refractivity contribution in [2.45, 2.75) is 0 Å². The van der Waals surface area contributed by atoms with Gasteiger partial charge in [-0.15, -0.1) is 4.33 Å². The van der Waals surface area contributed by atoms with Gasteiger partial charge in [0, 0.05) is 12.9 Å². The van der Waals surface area contributed by atoms with E-state index in [2.05, 4.69) is 27.2 Å². The maximum Gasteiger partial charge on any atom is 0.181 e. The smallest absolute Gasteiger partial charge is 0.181 e. The Labute approximate surface area is 40.1 Å². The van der Waals surface area contributed by atoms with Crippen LogP contribution in [0.4, 0.5) is 0 Å². The van der Waals surface area contributed by atoms with Gasteiger partial charge in [-0.3, -0.25) is 0 Å². The van der Waals surface area contributed by atoms with Crippen molar-refractivity contribution in [3.8, 4) is 0 Å². The molecule has 0 saturated heterocycles. The van der Waals surface area contributed by atoms with E-state index in [1.54, 1.807) is 0 Å². The van der Waals surface area contributed by atoms with Crippen molar-refractivity contribution >= 4 is 12.9 Å². The fourth-order valence-corrected chi connectivity index (χ4v) is 0.0861. The standard InChI is InChI=1S/CH4O4S/c2-1-3-4-5-6/h2,6H,1H2. The molecule has 0 unspecified atom stereocenters. The van der Waals surface area contributed by atoms with Crippen molar-refractivity contribution in [2.24, 2.45) is 0 Å². The maximum atomic E-state index is 7.74. The fraction of sp³-hybridized carbons (Fsp3) is 1.00. The number of hydrogen-bond donors (Lipinski definition) is 2. The van der Waals surface area contributed by atoms with Crippen LogP contribution in [0.25, 0.3) is 0 Å². The van der Waals surface area contributed by atoms with E-state index in [1.165, 1.54) is 0 Å². The number of aliphatic hydroxyl groups is 1. The Morgan fingerprint density at radius 3 is 2.50 bits per heavy atom. The summed E-state index contributed by atoms with van der Waals surface area (Å²) < 4.78 is 3.59. The Balaban J connectivity index is 2.34. The van der Waals surface area contributed by atoms with E-state index in [4.69, 9.17) is 5.11 Å². The highest BCUT2D eigenvalue weighted by Crippen LogP contribution is 1.79. The van der Waals surface area contributed by atoms with Gasteiger partial charge in [-0.25, -0.2) is 0 Å². The average molecular weight is 112 g/mol. The Hall–Kier alpha value is 0.190. The minimum absolute atomic E-state index is 0.541. The summed E-state index contributed by atoms with van der Waals surface area (Å²) in [5.74, 6) is 0. The van der Waals surface area contributed by atoms with Gasteiger partial charge in [-0.2, -0.15) is 4.89 Å². The van der Waals surface area contributed by atoms with Gasteiger partial charge in [0.05, 0.1) is 0 Å². The summed E-state index contributed by atoms with van der Waals surface area (Å²) in [7, 11) is 0. The highest BCUT2D eigenvalue weighted by molar-refractivity contribution is 7.74. The van der Waals surface area contributed by atoms with Crippen molar-refractivity contribution in [2.75, 3.05) is 6.79 Å². The molecule has 0 spiro atoms. The van der Waals surface area contributed by atoms with Gasteiger partial charge in [-0.05, 0) is 0 Å². The summed E-state index contributed by atoms with van der Waals surface area (Å²) in [5, 5.41) is 11.3. The average Bonchev–Trinajstić information content (AvgIpc) is 1.61. The van der Waals surface area contributed by atoms with Crippen LogP contribution in [0.1, 0.15) is 0 Å². The SMILES string of the molecule is OCOOOS. The van der Waals surface area contributed by atoms with Crippen LogP contribution in [0.5, 0.6) is 0 Å². The predicted octanol–water partition coefficient (Wildman–Crippen LogP) is -0.339. The molecule has 38 valence electrons. The summed E-state index contributed by atoms with van der Waals surface area (Å²) in [5.41, 5.74) is 0. The third-order valence-electron chi connectivity index (χ3n) is 0.131. The summed E-state index contributed by atoms with van der Waals surface area (Å²) in [6.45, 7) is -0.541. The van der Waals surface area contributed by atoms with Crippen LogP contribution in [0.15, 0.2) is 0 Å². The molecule has 0 aromatic carbocycles. The first-order valence-corrected chi connectivity index (χ1v) is 1.49. The fourth-order valence-electron chi connectivity index (χ4n) is 0.0430. The molecule has 0 aromatic rings. The van der Waals surface area contributed by atoms with Crippen LogP contribution in [0.2, 0.25) is 0 Å². The zero-order valence-electron chi connectivity index (χ0n) is 2.83. The Kier molecular flexibility index (Phi) is 5.35. The molecular weight excluding hydrogens is 108 g/mol. The van der Waals surface area contributed by atoms with Gasteiger partial charge in [0.2, 0.25) is 0 Å². The molecule has 0 bridgehead atoms. The van der Waals surface area contributed by atoms with E-state index in [0.29, 0.717) is 0 Å². The summed E-state index contributed by atoms with van der Waals surface area (Å²) in [4.78, 5) is 3.74. The van der Waals surface area contributed by atoms with Crippen molar-refractivity contribution in [3.05, 3.63) is 0 Å². The number of hydrogen-bond acceptors (Lipinski definition) is 5. The van der Waals surface area contributed by atoms with E-state index < -0.39 is 6.79 Å². The highest BCUT2D eigenvalue weighted by atomic mass is 32.1. The van der Waals surface area contributed by atoms with Gasteiger partial charge in [0.25, 0.3) is 0 Å². The van der Waals surface area contributed by atoms with E-state index in [9.17, 15) is 0 Å². The second kappa shape index (κ2) is 5.19. The first-order valence-electron chi connectivity index (χ1n) is 1.12. The quantitative estimate of drug-likeness (QED) is 0.131. The predicted molar refractivity (Wildman–Crippen MR) is 19.3 cm³/mol. The molecule has 4 nitrogen and oxygen atoms in total. The number of aliphatic hydroxyl groups excluding tert-OH is 1. The topological polar surface area (TPSA) is 47.9 Å². The zero-order chi connectivity index (χ0) is 4.83. The number of thiol groups is 1.